The molecule has 1 N–H and O–H groups in total. The van der Waals surface area contributed by atoms with Crippen molar-refractivity contribution >= 4 is 12.0 Å². The predicted molar refractivity (Wildman–Crippen MR) is 77.4 cm³/mol. The minimum absolute atomic E-state index is 0.158. The van der Waals surface area contributed by atoms with Gasteiger partial charge in [-0.3, -0.25) is 9.69 Å². The van der Waals surface area contributed by atoms with Gasteiger partial charge in [0.05, 0.1) is 6.61 Å². The van der Waals surface area contributed by atoms with Gasteiger partial charge in [-0.25, -0.2) is 4.79 Å². The Bertz CT molecular complexity index is 501. The molecule has 0 spiro atoms. The Labute approximate surface area is 124 Å². The zero-order valence-corrected chi connectivity index (χ0v) is 12.3. The quantitative estimate of drug-likeness (QED) is 0.641. The van der Waals surface area contributed by atoms with E-state index >= 15 is 0 Å². The van der Waals surface area contributed by atoms with Gasteiger partial charge in [0, 0.05) is 13.6 Å². The summed E-state index contributed by atoms with van der Waals surface area (Å²) < 4.78 is 10.7. The minimum Gasteiger partial charge on any atom is -0.494 e. The fourth-order valence-corrected chi connectivity index (χ4v) is 1.83. The predicted octanol–water partition coefficient (Wildman–Crippen LogP) is 1.79. The van der Waals surface area contributed by atoms with Crippen LogP contribution in [-0.2, 0) is 4.79 Å². The summed E-state index contributed by atoms with van der Waals surface area (Å²) in [5.74, 6) is 1.01. The Kier molecular flexibility index (Phi) is 5.03. The number of nitrogens with zero attached hydrogens (tertiary/aromatic N) is 1. The molecule has 1 aromatic rings. The Morgan fingerprint density at radius 1 is 1.33 bits per heavy atom. The molecule has 6 heteroatoms. The number of carbonyl (C=O) groups excluding carboxylic acids is 2. The lowest BCUT2D eigenvalue weighted by atomic mass is 10.1. The summed E-state index contributed by atoms with van der Waals surface area (Å²) in [4.78, 5) is 24.4. The largest absolute Gasteiger partial charge is 0.494 e. The summed E-state index contributed by atoms with van der Waals surface area (Å²) in [7, 11) is 1.55. The number of ether oxygens (including phenoxy) is 2. The van der Waals surface area contributed by atoms with Gasteiger partial charge in [-0.1, -0.05) is 13.3 Å². The third-order valence-corrected chi connectivity index (χ3v) is 3.32. The maximum atomic E-state index is 11.9. The van der Waals surface area contributed by atoms with Crippen molar-refractivity contribution in [1.82, 2.24) is 10.2 Å². The normalized spacial score (nSPS) is 16.7. The van der Waals surface area contributed by atoms with Crippen molar-refractivity contribution in [3.8, 4) is 11.5 Å². The lowest BCUT2D eigenvalue weighted by Gasteiger charge is -2.33. The second kappa shape index (κ2) is 6.97. The van der Waals surface area contributed by atoms with Crippen LogP contribution in [0.5, 0.6) is 11.5 Å². The van der Waals surface area contributed by atoms with Crippen molar-refractivity contribution in [3.63, 3.8) is 0 Å². The third-order valence-electron chi connectivity index (χ3n) is 3.32. The van der Waals surface area contributed by atoms with Crippen LogP contribution in [0.3, 0.4) is 0 Å². The molecule has 0 aliphatic carbocycles. The minimum atomic E-state index is -0.547. The SMILES string of the molecule is CCCCOc1ccc(OC(=O)N(C)[C@H]2CNC2=O)cc1. The Hall–Kier alpha value is -2.24. The number of hydrogen-bond donors (Lipinski definition) is 1. The summed E-state index contributed by atoms with van der Waals surface area (Å²) in [5, 5.41) is 2.59. The molecule has 0 unspecified atom stereocenters. The van der Waals surface area contributed by atoms with Crippen molar-refractivity contribution in [2.24, 2.45) is 0 Å². The number of nitrogens with one attached hydrogen (secondary N) is 1. The van der Waals surface area contributed by atoms with E-state index in [-0.39, 0.29) is 5.91 Å². The van der Waals surface area contributed by atoms with E-state index in [9.17, 15) is 9.59 Å². The van der Waals surface area contributed by atoms with Crippen LogP contribution in [0.1, 0.15) is 19.8 Å². The van der Waals surface area contributed by atoms with E-state index in [2.05, 4.69) is 12.2 Å². The summed E-state index contributed by atoms with van der Waals surface area (Å²) in [6.45, 7) is 3.24. The van der Waals surface area contributed by atoms with Crippen molar-refractivity contribution in [2.75, 3.05) is 20.2 Å². The maximum absolute atomic E-state index is 11.9. The lowest BCUT2D eigenvalue weighted by Crippen LogP contribution is -2.62. The number of β-lactam (4-membered cyclic amide) rings is 1. The molecular weight excluding hydrogens is 272 g/mol. The van der Waals surface area contributed by atoms with Gasteiger partial charge >= 0.3 is 6.09 Å². The number of likely N-dealkylation sites (N-methyl/N-ethyl adjacent to an activating group) is 1. The lowest BCUT2D eigenvalue weighted by molar-refractivity contribution is -0.131. The number of benzene rings is 1. The van der Waals surface area contributed by atoms with Gasteiger partial charge in [0.1, 0.15) is 17.5 Å². The number of rotatable bonds is 6. The van der Waals surface area contributed by atoms with Crippen molar-refractivity contribution in [2.45, 2.75) is 25.8 Å². The van der Waals surface area contributed by atoms with Gasteiger partial charge in [-0.15, -0.1) is 0 Å². The number of hydrogen-bond acceptors (Lipinski definition) is 4. The van der Waals surface area contributed by atoms with E-state index in [1.54, 1.807) is 31.3 Å². The number of amides is 2. The molecule has 1 aromatic carbocycles. The van der Waals surface area contributed by atoms with Crippen LogP contribution < -0.4 is 14.8 Å². The van der Waals surface area contributed by atoms with Crippen LogP contribution in [-0.4, -0.2) is 43.1 Å². The molecular formula is C15H20N2O4. The van der Waals surface area contributed by atoms with E-state index < -0.39 is 12.1 Å². The van der Waals surface area contributed by atoms with Gasteiger partial charge in [0.25, 0.3) is 0 Å². The molecule has 21 heavy (non-hydrogen) atoms. The highest BCUT2D eigenvalue weighted by Gasteiger charge is 2.35. The van der Waals surface area contributed by atoms with Gasteiger partial charge in [0.15, 0.2) is 0 Å². The Balaban J connectivity index is 1.84. The second-order valence-corrected chi connectivity index (χ2v) is 4.91. The van der Waals surface area contributed by atoms with Gasteiger partial charge in [-0.2, -0.15) is 0 Å². The summed E-state index contributed by atoms with van der Waals surface area (Å²) in [6, 6.07) is 6.43. The third kappa shape index (κ3) is 3.87. The molecule has 6 nitrogen and oxygen atoms in total. The second-order valence-electron chi connectivity index (χ2n) is 4.91. The summed E-state index contributed by atoms with van der Waals surface area (Å²) in [6.07, 6.45) is 1.54. The average Bonchev–Trinajstić information content (AvgIpc) is 2.47. The molecule has 114 valence electrons. The van der Waals surface area contributed by atoms with Crippen LogP contribution in [0.15, 0.2) is 24.3 Å². The zero-order valence-electron chi connectivity index (χ0n) is 12.3. The van der Waals surface area contributed by atoms with Crippen LogP contribution in [0, 0.1) is 0 Å². The molecule has 0 radical (unpaired) electrons. The molecule has 0 saturated carbocycles. The first kappa shape index (κ1) is 15.2. The van der Waals surface area contributed by atoms with E-state index in [4.69, 9.17) is 9.47 Å². The van der Waals surface area contributed by atoms with E-state index in [0.717, 1.165) is 18.6 Å². The standard InChI is InChI=1S/C15H20N2O4/c1-3-4-9-20-11-5-7-12(8-6-11)21-15(19)17(2)13-10-16-14(13)18/h5-8,13H,3-4,9-10H2,1-2H3,(H,16,18)/t13-/m0/s1. The highest BCUT2D eigenvalue weighted by atomic mass is 16.6. The van der Waals surface area contributed by atoms with Crippen LogP contribution >= 0.6 is 0 Å². The monoisotopic (exact) mass is 292 g/mol. The molecule has 1 saturated heterocycles. The zero-order chi connectivity index (χ0) is 15.2. The van der Waals surface area contributed by atoms with E-state index in [0.29, 0.717) is 18.9 Å². The van der Waals surface area contributed by atoms with E-state index in [1.807, 2.05) is 0 Å². The van der Waals surface area contributed by atoms with Crippen LogP contribution in [0.4, 0.5) is 4.79 Å². The van der Waals surface area contributed by atoms with Crippen molar-refractivity contribution < 1.29 is 19.1 Å². The molecule has 1 fully saturated rings. The van der Waals surface area contributed by atoms with Gasteiger partial charge in [-0.05, 0) is 30.7 Å². The molecule has 1 aliphatic rings. The first-order valence-corrected chi connectivity index (χ1v) is 7.07. The van der Waals surface area contributed by atoms with Crippen molar-refractivity contribution in [3.05, 3.63) is 24.3 Å². The highest BCUT2D eigenvalue weighted by Crippen LogP contribution is 2.19. The van der Waals surface area contributed by atoms with Gasteiger partial charge < -0.3 is 14.8 Å². The van der Waals surface area contributed by atoms with Crippen LogP contribution in [0.2, 0.25) is 0 Å². The molecule has 2 rings (SSSR count). The first-order chi connectivity index (χ1) is 10.1. The molecule has 1 atom stereocenters. The summed E-state index contributed by atoms with van der Waals surface area (Å²) >= 11 is 0. The van der Waals surface area contributed by atoms with Crippen LogP contribution in [0.25, 0.3) is 0 Å². The average molecular weight is 292 g/mol. The number of unbranched alkanes of at least 4 members (excludes halogenated alkanes) is 1. The Morgan fingerprint density at radius 2 is 2.00 bits per heavy atom. The fourth-order valence-electron chi connectivity index (χ4n) is 1.83. The number of carbonyl (C=O) groups is 2. The molecule has 0 bridgehead atoms. The topological polar surface area (TPSA) is 67.9 Å². The Morgan fingerprint density at radius 3 is 2.52 bits per heavy atom. The van der Waals surface area contributed by atoms with Gasteiger partial charge in [0.2, 0.25) is 5.91 Å². The smallest absolute Gasteiger partial charge is 0.415 e. The summed E-state index contributed by atoms with van der Waals surface area (Å²) in [5.41, 5.74) is 0. The maximum Gasteiger partial charge on any atom is 0.415 e. The molecule has 1 aliphatic heterocycles. The molecule has 0 aromatic heterocycles. The molecule has 2 amide bonds. The fraction of sp³-hybridized carbons (Fsp3) is 0.467. The van der Waals surface area contributed by atoms with Crippen molar-refractivity contribution in [1.29, 1.82) is 0 Å². The first-order valence-electron chi connectivity index (χ1n) is 7.07. The highest BCUT2D eigenvalue weighted by molar-refractivity contribution is 5.91. The molecule has 1 heterocycles. The van der Waals surface area contributed by atoms with E-state index in [1.165, 1.54) is 4.90 Å².